The van der Waals surface area contributed by atoms with E-state index in [-0.39, 0.29) is 18.8 Å². The van der Waals surface area contributed by atoms with Crippen molar-refractivity contribution in [2.75, 3.05) is 6.61 Å². The predicted octanol–water partition coefficient (Wildman–Crippen LogP) is 16.8. The second kappa shape index (κ2) is 35.6. The van der Waals surface area contributed by atoms with Gasteiger partial charge in [-0.05, 0) is 0 Å². The SMILES string of the molecule is CCCCCCCCCCCCCCCCCCCCCCCCCC(=O)N[C@H]1C[O][Sn]([C](C)(C)C)([C](C)(C)C)[O][C@@H]1[C@H](O)CCCCCCCCCCCCCC. The number of hydrogen-bond donors (Lipinski definition) is 2. The molecule has 0 bridgehead atoms. The fourth-order valence-electron chi connectivity index (χ4n) is 9.70. The summed E-state index contributed by atoms with van der Waals surface area (Å²) in [6, 6.07) is -0.293. The van der Waals surface area contributed by atoms with E-state index in [1.54, 1.807) is 0 Å². The average molecular weight is 927 g/mol. The molecule has 0 unspecified atom stereocenters. The number of nitrogens with one attached hydrogen (secondary N) is 1. The third-order valence-corrected chi connectivity index (χ3v) is 27.9. The molecule has 1 saturated heterocycles. The van der Waals surface area contributed by atoms with Crippen LogP contribution in [0.5, 0.6) is 0 Å². The zero-order valence-electron chi connectivity index (χ0n) is 40.8. The van der Waals surface area contributed by atoms with Crippen LogP contribution in [-0.4, -0.2) is 55.1 Å². The van der Waals surface area contributed by atoms with Gasteiger partial charge in [-0.3, -0.25) is 0 Å². The van der Waals surface area contributed by atoms with Crippen LogP contribution >= 0.6 is 0 Å². The van der Waals surface area contributed by atoms with E-state index in [1.165, 1.54) is 199 Å². The molecular formula is C52H105NO4Sn. The Morgan fingerprint density at radius 3 is 1.12 bits per heavy atom. The first-order valence-corrected chi connectivity index (χ1v) is 31.4. The summed E-state index contributed by atoms with van der Waals surface area (Å²) in [7, 11) is 0. The molecular weight excluding hydrogens is 821 g/mol. The number of rotatable bonds is 39. The van der Waals surface area contributed by atoms with Gasteiger partial charge < -0.3 is 0 Å². The van der Waals surface area contributed by atoms with Crippen LogP contribution in [0, 0.1) is 0 Å². The number of hydrogen-bond acceptors (Lipinski definition) is 4. The molecule has 0 aromatic carbocycles. The van der Waals surface area contributed by atoms with Crippen molar-refractivity contribution in [3.63, 3.8) is 0 Å². The van der Waals surface area contributed by atoms with Crippen LogP contribution < -0.4 is 5.32 Å². The van der Waals surface area contributed by atoms with E-state index in [0.29, 0.717) is 13.0 Å². The van der Waals surface area contributed by atoms with Gasteiger partial charge in [-0.1, -0.05) is 149 Å². The summed E-state index contributed by atoms with van der Waals surface area (Å²) in [6.45, 7) is 18.6. The second-order valence-corrected chi connectivity index (χ2v) is 34.5. The van der Waals surface area contributed by atoms with Crippen LogP contribution in [0.2, 0.25) is 6.86 Å². The average Bonchev–Trinajstić information content (AvgIpc) is 3.17. The first-order valence-electron chi connectivity index (χ1n) is 26.2. The Hall–Kier alpha value is 0.149. The van der Waals surface area contributed by atoms with Gasteiger partial charge in [-0.25, -0.2) is 0 Å². The summed E-state index contributed by atoms with van der Waals surface area (Å²) < 4.78 is 13.7. The Balaban J connectivity index is 2.25. The van der Waals surface area contributed by atoms with E-state index in [9.17, 15) is 9.90 Å². The van der Waals surface area contributed by atoms with Gasteiger partial charge in [0.2, 0.25) is 0 Å². The van der Waals surface area contributed by atoms with Gasteiger partial charge in [0.25, 0.3) is 0 Å². The summed E-state index contributed by atoms with van der Waals surface area (Å²) >= 11 is -3.75. The Morgan fingerprint density at radius 1 is 0.517 bits per heavy atom. The molecule has 0 spiro atoms. The van der Waals surface area contributed by atoms with Gasteiger partial charge in [0.15, 0.2) is 0 Å². The molecule has 1 rings (SSSR count). The number of carbonyl (C=O) groups excluding carboxylic acids is 1. The standard InChI is InChI=1S/C44H87NO4.2C4H9.Sn/c1-3-5-7-9-11-13-15-17-18-19-20-21-22-23-24-25-26-27-29-31-33-35-37-39-43(48)45-41(40-46)44(49)42(47)38-36-34-32-30-28-16-14-12-10-8-6-4-2;2*1-4(2)3;/h41-42,44,47H,3-40H2,1-2H3,(H,45,48);2*1-3H3;/q-2;;;+2/t41-,42+,44-;;;/m0.../s1. The van der Waals surface area contributed by atoms with Crippen molar-refractivity contribution in [1.29, 1.82) is 0 Å². The topological polar surface area (TPSA) is 67.8 Å². The molecule has 1 heterocycles. The monoisotopic (exact) mass is 928 g/mol. The van der Waals surface area contributed by atoms with Crippen molar-refractivity contribution in [2.45, 2.75) is 318 Å². The Kier molecular flexibility index (Phi) is 34.5. The summed E-state index contributed by atoms with van der Waals surface area (Å²) in [5.41, 5.74) is 0. The van der Waals surface area contributed by atoms with E-state index in [1.807, 2.05) is 0 Å². The minimum absolute atomic E-state index is 0.0810. The fourth-order valence-corrected chi connectivity index (χ4v) is 24.0. The Labute approximate surface area is 369 Å². The number of aliphatic hydroxyl groups excluding tert-OH is 1. The van der Waals surface area contributed by atoms with E-state index in [2.05, 4.69) is 60.7 Å². The second-order valence-electron chi connectivity index (χ2n) is 21.0. The van der Waals surface area contributed by atoms with Gasteiger partial charge >= 0.3 is 222 Å². The molecule has 2 N–H and O–H groups in total. The van der Waals surface area contributed by atoms with Crippen LogP contribution in [-0.2, 0) is 10.9 Å². The maximum atomic E-state index is 13.2. The van der Waals surface area contributed by atoms with Crippen molar-refractivity contribution >= 4 is 25.1 Å². The summed E-state index contributed by atoms with van der Waals surface area (Å²) in [6.07, 6.45) is 47.6. The number of carbonyl (C=O) groups is 1. The van der Waals surface area contributed by atoms with Gasteiger partial charge in [-0.2, -0.15) is 0 Å². The summed E-state index contributed by atoms with van der Waals surface area (Å²) in [5, 5.41) is 14.9. The molecule has 0 saturated carbocycles. The molecule has 0 radical (unpaired) electrons. The van der Waals surface area contributed by atoms with Gasteiger partial charge in [0.1, 0.15) is 0 Å². The first kappa shape index (κ1) is 56.2. The van der Waals surface area contributed by atoms with Gasteiger partial charge in [0, 0.05) is 0 Å². The van der Waals surface area contributed by atoms with E-state index in [4.69, 9.17) is 6.15 Å². The maximum absolute atomic E-state index is 13.2. The molecule has 1 fully saturated rings. The van der Waals surface area contributed by atoms with Crippen molar-refractivity contribution in [2.24, 2.45) is 0 Å². The normalized spacial score (nSPS) is 17.8. The van der Waals surface area contributed by atoms with Crippen LogP contribution in [0.4, 0.5) is 0 Å². The molecule has 6 heteroatoms. The van der Waals surface area contributed by atoms with E-state index in [0.717, 1.165) is 32.1 Å². The smallest absolute Gasteiger partial charge is 0.0654 e. The summed E-state index contributed by atoms with van der Waals surface area (Å²) in [5.74, 6) is 0.0810. The van der Waals surface area contributed by atoms with Crippen LogP contribution in [0.15, 0.2) is 0 Å². The van der Waals surface area contributed by atoms with Crippen LogP contribution in [0.25, 0.3) is 0 Å². The van der Waals surface area contributed by atoms with Crippen molar-refractivity contribution in [3.05, 3.63) is 0 Å². The summed E-state index contributed by atoms with van der Waals surface area (Å²) in [4.78, 5) is 13.2. The minimum Gasteiger partial charge on any atom is -0.0654 e. The van der Waals surface area contributed by atoms with Crippen molar-refractivity contribution in [1.82, 2.24) is 5.32 Å². The Bertz CT molecular complexity index is 915. The molecule has 3 atom stereocenters. The van der Waals surface area contributed by atoms with Crippen LogP contribution in [0.1, 0.15) is 293 Å². The zero-order chi connectivity index (χ0) is 42.8. The molecule has 58 heavy (non-hydrogen) atoms. The number of amides is 1. The molecule has 0 aromatic heterocycles. The number of unbranched alkanes of at least 4 members (excludes halogenated alkanes) is 33. The van der Waals surface area contributed by atoms with Gasteiger partial charge in [-0.15, -0.1) is 0 Å². The predicted molar refractivity (Wildman–Crippen MR) is 256 cm³/mol. The quantitative estimate of drug-likeness (QED) is 0.0476. The molecule has 5 nitrogen and oxygen atoms in total. The molecule has 1 aliphatic rings. The number of aliphatic hydroxyl groups is 1. The van der Waals surface area contributed by atoms with E-state index >= 15 is 0 Å². The fraction of sp³-hybridized carbons (Fsp3) is 0.981. The third kappa shape index (κ3) is 26.6. The molecule has 0 aromatic rings. The zero-order valence-corrected chi connectivity index (χ0v) is 43.6. The molecule has 346 valence electrons. The minimum atomic E-state index is -3.75. The molecule has 1 aliphatic heterocycles. The first-order chi connectivity index (χ1) is 27.9. The third-order valence-electron chi connectivity index (χ3n) is 13.2. The van der Waals surface area contributed by atoms with Crippen molar-refractivity contribution in [3.8, 4) is 0 Å². The van der Waals surface area contributed by atoms with Crippen LogP contribution in [0.3, 0.4) is 0 Å². The molecule has 0 aliphatic carbocycles. The van der Waals surface area contributed by atoms with Gasteiger partial charge in [0.05, 0.1) is 0 Å². The van der Waals surface area contributed by atoms with Crippen molar-refractivity contribution < 1.29 is 16.0 Å². The Morgan fingerprint density at radius 2 is 0.810 bits per heavy atom. The van der Waals surface area contributed by atoms with E-state index < -0.39 is 31.4 Å². The molecule has 1 amide bonds.